The molecule has 2 saturated heterocycles. The van der Waals surface area contributed by atoms with E-state index in [-0.39, 0.29) is 5.92 Å². The molecule has 1 aromatic heterocycles. The topological polar surface area (TPSA) is 39.7 Å². The first kappa shape index (κ1) is 22.2. The summed E-state index contributed by atoms with van der Waals surface area (Å²) in [6.45, 7) is 13.8. The van der Waals surface area contributed by atoms with Crippen LogP contribution in [0, 0.1) is 33.6 Å². The first-order valence-corrected chi connectivity index (χ1v) is 12.9. The second-order valence-electron chi connectivity index (χ2n) is 9.74. The number of carbonyl (C=O) groups excluding carboxylic acids is 1. The Bertz CT molecular complexity index is 1180. The van der Waals surface area contributed by atoms with Gasteiger partial charge in [-0.05, 0) is 74.9 Å². The summed E-state index contributed by atoms with van der Waals surface area (Å²) in [6, 6.07) is 10.9. The number of piperidine rings is 1. The average Bonchev–Trinajstić information content (AvgIpc) is 3.25. The predicted molar refractivity (Wildman–Crippen MR) is 139 cm³/mol. The monoisotopic (exact) mass is 462 g/mol. The fourth-order valence-corrected chi connectivity index (χ4v) is 6.53. The molecule has 2 aliphatic heterocycles. The third kappa shape index (κ3) is 4.33. The van der Waals surface area contributed by atoms with Gasteiger partial charge in [-0.2, -0.15) is 0 Å². The van der Waals surface area contributed by atoms with E-state index >= 15 is 0 Å². The van der Waals surface area contributed by atoms with Crippen LogP contribution in [0.25, 0.3) is 10.2 Å². The lowest BCUT2D eigenvalue weighted by molar-refractivity contribution is -0.136. The van der Waals surface area contributed by atoms with Gasteiger partial charge in [0.2, 0.25) is 5.91 Å². The van der Waals surface area contributed by atoms with E-state index in [0.717, 1.165) is 62.8 Å². The predicted octanol–water partition coefficient (Wildman–Crippen LogP) is 5.10. The highest BCUT2D eigenvalue weighted by Gasteiger charge is 2.32. The summed E-state index contributed by atoms with van der Waals surface area (Å²) < 4.78 is 1.25. The maximum atomic E-state index is 13.4. The fourth-order valence-electron chi connectivity index (χ4n) is 5.35. The molecule has 2 aliphatic rings. The fraction of sp³-hybridized carbons (Fsp3) is 0.481. The van der Waals surface area contributed by atoms with Gasteiger partial charge in [-0.15, -0.1) is 0 Å². The smallest absolute Gasteiger partial charge is 0.227 e. The van der Waals surface area contributed by atoms with Crippen molar-refractivity contribution in [1.29, 1.82) is 0 Å². The first-order valence-electron chi connectivity index (χ1n) is 12.1. The maximum Gasteiger partial charge on any atom is 0.227 e. The van der Waals surface area contributed by atoms with Gasteiger partial charge in [0.15, 0.2) is 5.13 Å². The van der Waals surface area contributed by atoms with Crippen LogP contribution in [0.2, 0.25) is 0 Å². The van der Waals surface area contributed by atoms with Crippen molar-refractivity contribution < 1.29 is 4.79 Å². The van der Waals surface area contributed by atoms with Crippen molar-refractivity contribution in [3.8, 4) is 0 Å². The number of rotatable bonds is 3. The zero-order valence-corrected chi connectivity index (χ0v) is 21.0. The lowest BCUT2D eigenvalue weighted by Gasteiger charge is -2.40. The molecule has 0 saturated carbocycles. The van der Waals surface area contributed by atoms with Crippen molar-refractivity contribution in [3.05, 3.63) is 52.6 Å². The molecule has 2 aromatic carbocycles. The molecule has 0 unspecified atom stereocenters. The molecule has 0 N–H and O–H groups in total. The molecule has 0 spiro atoms. The molecule has 0 aliphatic carbocycles. The summed E-state index contributed by atoms with van der Waals surface area (Å²) in [7, 11) is 0. The van der Waals surface area contributed by atoms with Crippen LogP contribution in [0.5, 0.6) is 0 Å². The van der Waals surface area contributed by atoms with Crippen molar-refractivity contribution in [2.24, 2.45) is 5.92 Å². The average molecular weight is 463 g/mol. The summed E-state index contributed by atoms with van der Waals surface area (Å²) in [5.74, 6) is 0.398. The zero-order chi connectivity index (χ0) is 23.1. The van der Waals surface area contributed by atoms with Crippen LogP contribution in [0.3, 0.4) is 0 Å². The normalized spacial score (nSPS) is 19.4. The largest absolute Gasteiger partial charge is 0.368 e. The van der Waals surface area contributed by atoms with Gasteiger partial charge >= 0.3 is 0 Å². The molecule has 33 heavy (non-hydrogen) atoms. The number of nitrogens with zero attached hydrogens (tertiary/aromatic N) is 4. The minimum atomic E-state index is 0.0702. The number of anilines is 2. The standard InChI is InChI=1S/C27H34N4OS/c1-18-15-20(3)25-24(16-18)33-27(28-25)31-10-6-8-22(17-31)26(32)30-13-11-29(12-14-30)23-9-5-7-19(2)21(23)4/h5,7,9,15-16,22H,6,8,10-14,17H2,1-4H3/t22-/m1/s1. The van der Waals surface area contributed by atoms with Crippen LogP contribution in [0.1, 0.15) is 35.1 Å². The number of piperazine rings is 1. The summed E-state index contributed by atoms with van der Waals surface area (Å²) in [4.78, 5) is 25.3. The van der Waals surface area contributed by atoms with Gasteiger partial charge in [0.05, 0.1) is 16.1 Å². The molecule has 0 bridgehead atoms. The Morgan fingerprint density at radius 2 is 1.76 bits per heavy atom. The van der Waals surface area contributed by atoms with Crippen LogP contribution in [0.15, 0.2) is 30.3 Å². The molecule has 3 heterocycles. The van der Waals surface area contributed by atoms with Gasteiger partial charge in [-0.3, -0.25) is 4.79 Å². The van der Waals surface area contributed by atoms with Crippen LogP contribution in [-0.4, -0.2) is 55.1 Å². The third-order valence-corrected chi connectivity index (χ3v) is 8.43. The SMILES string of the molecule is Cc1cc(C)c2nc(N3CCC[C@@H](C(=O)N4CCN(c5cccc(C)c5C)CC4)C3)sc2c1. The first-order chi connectivity index (χ1) is 15.9. The highest BCUT2D eigenvalue weighted by molar-refractivity contribution is 7.22. The number of carbonyl (C=O) groups is 1. The third-order valence-electron chi connectivity index (χ3n) is 7.37. The number of hydrogen-bond acceptors (Lipinski definition) is 5. The van der Waals surface area contributed by atoms with E-state index in [1.165, 1.54) is 32.6 Å². The molecule has 0 radical (unpaired) electrons. The van der Waals surface area contributed by atoms with Gasteiger partial charge in [-0.25, -0.2) is 4.98 Å². The summed E-state index contributed by atoms with van der Waals surface area (Å²) in [6.07, 6.45) is 2.03. The van der Waals surface area contributed by atoms with Gasteiger partial charge in [-0.1, -0.05) is 29.5 Å². The van der Waals surface area contributed by atoms with Crippen LogP contribution >= 0.6 is 11.3 Å². The number of fused-ring (bicyclic) bond motifs is 1. The molecule has 6 heteroatoms. The van der Waals surface area contributed by atoms with Gasteiger partial charge in [0.1, 0.15) is 0 Å². The molecule has 174 valence electrons. The minimum absolute atomic E-state index is 0.0702. The number of hydrogen-bond donors (Lipinski definition) is 0. The minimum Gasteiger partial charge on any atom is -0.368 e. The van der Waals surface area contributed by atoms with Crippen molar-refractivity contribution >= 4 is 38.3 Å². The second kappa shape index (κ2) is 8.98. The lowest BCUT2D eigenvalue weighted by atomic mass is 9.96. The highest BCUT2D eigenvalue weighted by Crippen LogP contribution is 2.34. The summed E-state index contributed by atoms with van der Waals surface area (Å²) in [5, 5.41) is 1.07. The van der Waals surface area contributed by atoms with E-state index in [1.807, 2.05) is 0 Å². The summed E-state index contributed by atoms with van der Waals surface area (Å²) in [5.41, 5.74) is 7.61. The van der Waals surface area contributed by atoms with Crippen molar-refractivity contribution in [1.82, 2.24) is 9.88 Å². The molecular weight excluding hydrogens is 428 g/mol. The van der Waals surface area contributed by atoms with Gasteiger partial charge in [0, 0.05) is 45.0 Å². The van der Waals surface area contributed by atoms with Crippen LogP contribution in [0.4, 0.5) is 10.8 Å². The molecule has 2 fully saturated rings. The number of thiazole rings is 1. The van der Waals surface area contributed by atoms with E-state index in [2.05, 4.69) is 72.7 Å². The Balaban J connectivity index is 1.24. The lowest BCUT2D eigenvalue weighted by Crippen LogP contribution is -2.52. The number of amides is 1. The molecule has 1 amide bonds. The Kier molecular flexibility index (Phi) is 6.04. The van der Waals surface area contributed by atoms with E-state index < -0.39 is 0 Å². The zero-order valence-electron chi connectivity index (χ0n) is 20.2. The van der Waals surface area contributed by atoms with E-state index in [4.69, 9.17) is 4.98 Å². The van der Waals surface area contributed by atoms with Crippen LogP contribution in [-0.2, 0) is 4.79 Å². The van der Waals surface area contributed by atoms with Crippen molar-refractivity contribution in [2.45, 2.75) is 40.5 Å². The van der Waals surface area contributed by atoms with E-state index in [1.54, 1.807) is 11.3 Å². The Hall–Kier alpha value is -2.60. The number of aromatic nitrogens is 1. The van der Waals surface area contributed by atoms with Gasteiger partial charge in [0.25, 0.3) is 0 Å². The number of aryl methyl sites for hydroxylation is 3. The Morgan fingerprint density at radius 1 is 0.970 bits per heavy atom. The molecular formula is C27H34N4OS. The molecule has 5 nitrogen and oxygen atoms in total. The van der Waals surface area contributed by atoms with Gasteiger partial charge < -0.3 is 14.7 Å². The van der Waals surface area contributed by atoms with Crippen molar-refractivity contribution in [2.75, 3.05) is 49.1 Å². The quantitative estimate of drug-likeness (QED) is 0.543. The maximum absolute atomic E-state index is 13.4. The Labute approximate surface area is 201 Å². The molecule has 1 atom stereocenters. The molecule has 3 aromatic rings. The van der Waals surface area contributed by atoms with E-state index in [0.29, 0.717) is 5.91 Å². The number of benzene rings is 2. The van der Waals surface area contributed by atoms with Crippen LogP contribution < -0.4 is 9.80 Å². The highest BCUT2D eigenvalue weighted by atomic mass is 32.1. The Morgan fingerprint density at radius 3 is 2.55 bits per heavy atom. The van der Waals surface area contributed by atoms with Crippen molar-refractivity contribution in [3.63, 3.8) is 0 Å². The van der Waals surface area contributed by atoms with E-state index in [9.17, 15) is 4.79 Å². The molecule has 5 rings (SSSR count). The second-order valence-corrected chi connectivity index (χ2v) is 10.8. The summed E-state index contributed by atoms with van der Waals surface area (Å²) >= 11 is 1.77.